The van der Waals surface area contributed by atoms with E-state index in [2.05, 4.69) is 21.0 Å². The summed E-state index contributed by atoms with van der Waals surface area (Å²) in [5, 5.41) is 10.6. The maximum absolute atomic E-state index is 10.4. The zero-order valence-electron chi connectivity index (χ0n) is 6.81. The Bertz CT molecular complexity index is 271. The summed E-state index contributed by atoms with van der Waals surface area (Å²) in [6.07, 6.45) is 0. The number of hydrogen-bond donors (Lipinski definition) is 1. The van der Waals surface area contributed by atoms with Gasteiger partial charge in [-0.3, -0.25) is 9.63 Å². The molecule has 0 unspecified atom stereocenters. The summed E-state index contributed by atoms with van der Waals surface area (Å²) >= 11 is 0. The third-order valence-electron chi connectivity index (χ3n) is 1.13. The number of hydroxylamine groups is 1. The van der Waals surface area contributed by atoms with Crippen molar-refractivity contribution in [1.82, 2.24) is 25.7 Å². The first kappa shape index (κ1) is 8.60. The van der Waals surface area contributed by atoms with E-state index in [1.807, 2.05) is 0 Å². The van der Waals surface area contributed by atoms with Gasteiger partial charge in [-0.15, -0.1) is 5.10 Å². The van der Waals surface area contributed by atoms with Gasteiger partial charge in [0.25, 0.3) is 0 Å². The maximum atomic E-state index is 10.4. The molecule has 1 N–H and O–H groups in total. The van der Waals surface area contributed by atoms with Crippen LogP contribution in [0.5, 0.6) is 0 Å². The first-order valence-electron chi connectivity index (χ1n) is 3.29. The van der Waals surface area contributed by atoms with Crippen LogP contribution in [0.2, 0.25) is 0 Å². The highest BCUT2D eigenvalue weighted by atomic mass is 16.7. The van der Waals surface area contributed by atoms with Crippen LogP contribution >= 0.6 is 0 Å². The van der Waals surface area contributed by atoms with E-state index in [1.165, 1.54) is 11.6 Å². The van der Waals surface area contributed by atoms with E-state index in [4.69, 9.17) is 4.84 Å². The number of carbonyl (C=O) groups is 1. The number of nitrogens with one attached hydrogen (secondary N) is 1. The van der Waals surface area contributed by atoms with E-state index in [0.717, 1.165) is 0 Å². The van der Waals surface area contributed by atoms with Gasteiger partial charge in [-0.05, 0) is 10.4 Å². The van der Waals surface area contributed by atoms with Crippen molar-refractivity contribution in [1.29, 1.82) is 0 Å². The Morgan fingerprint density at radius 2 is 2.50 bits per heavy atom. The molecule has 0 aliphatic heterocycles. The highest BCUT2D eigenvalue weighted by Crippen LogP contribution is 1.89. The second kappa shape index (κ2) is 3.77. The molecule has 1 amide bonds. The average molecular weight is 171 g/mol. The summed E-state index contributed by atoms with van der Waals surface area (Å²) in [6.45, 7) is 1.51. The van der Waals surface area contributed by atoms with E-state index < -0.39 is 0 Å². The number of nitrogens with zero attached hydrogens (tertiary/aromatic N) is 4. The summed E-state index contributed by atoms with van der Waals surface area (Å²) in [6, 6.07) is 0. The Balaban J connectivity index is 2.33. The highest BCUT2D eigenvalue weighted by molar-refractivity contribution is 5.71. The van der Waals surface area contributed by atoms with Gasteiger partial charge >= 0.3 is 0 Å². The molecule has 0 radical (unpaired) electrons. The van der Waals surface area contributed by atoms with Gasteiger partial charge in [0.1, 0.15) is 6.61 Å². The van der Waals surface area contributed by atoms with Crippen molar-refractivity contribution >= 4 is 5.91 Å². The van der Waals surface area contributed by atoms with Crippen LogP contribution in [0.1, 0.15) is 12.7 Å². The van der Waals surface area contributed by atoms with Gasteiger partial charge in [-0.25, -0.2) is 10.2 Å². The monoisotopic (exact) mass is 171 g/mol. The Hall–Kier alpha value is -1.50. The van der Waals surface area contributed by atoms with Crippen LogP contribution in [0.3, 0.4) is 0 Å². The molecular weight excluding hydrogens is 162 g/mol. The SMILES string of the molecule is CC(=O)NOCc1nnnn1C. The van der Waals surface area contributed by atoms with Gasteiger partial charge in [-0.1, -0.05) is 0 Å². The fourth-order valence-electron chi connectivity index (χ4n) is 0.573. The van der Waals surface area contributed by atoms with Gasteiger partial charge in [0.05, 0.1) is 0 Å². The van der Waals surface area contributed by atoms with Crippen LogP contribution in [0.4, 0.5) is 0 Å². The van der Waals surface area contributed by atoms with Crippen molar-refractivity contribution in [3.63, 3.8) is 0 Å². The quantitative estimate of drug-likeness (QED) is 0.576. The summed E-state index contributed by atoms with van der Waals surface area (Å²) < 4.78 is 1.46. The average Bonchev–Trinajstić information content (AvgIpc) is 2.36. The lowest BCUT2D eigenvalue weighted by molar-refractivity contribution is -0.132. The van der Waals surface area contributed by atoms with Gasteiger partial charge in [0.2, 0.25) is 5.91 Å². The topological polar surface area (TPSA) is 81.9 Å². The van der Waals surface area contributed by atoms with Crippen molar-refractivity contribution < 1.29 is 9.63 Å². The van der Waals surface area contributed by atoms with Crippen molar-refractivity contribution in [2.24, 2.45) is 7.05 Å². The molecule has 0 aromatic carbocycles. The van der Waals surface area contributed by atoms with E-state index in [1.54, 1.807) is 7.05 Å². The summed E-state index contributed by atoms with van der Waals surface area (Å²) in [5.74, 6) is 0.286. The largest absolute Gasteiger partial charge is 0.273 e. The standard InChI is InChI=1S/C5H9N5O2/c1-4(11)7-12-3-5-6-8-9-10(5)2/h3H2,1-2H3,(H,7,11). The van der Waals surface area contributed by atoms with Crippen LogP contribution in [0, 0.1) is 0 Å². The first-order valence-corrected chi connectivity index (χ1v) is 3.29. The molecule has 0 bridgehead atoms. The zero-order chi connectivity index (χ0) is 8.97. The van der Waals surface area contributed by atoms with E-state index >= 15 is 0 Å². The minimum Gasteiger partial charge on any atom is -0.273 e. The molecule has 7 nitrogen and oxygen atoms in total. The summed E-state index contributed by atoms with van der Waals surface area (Å²) in [5.41, 5.74) is 2.16. The van der Waals surface area contributed by atoms with E-state index in [9.17, 15) is 4.79 Å². The molecule has 1 aromatic rings. The second-order valence-electron chi connectivity index (χ2n) is 2.17. The minimum atomic E-state index is -0.259. The Kier molecular flexibility index (Phi) is 2.70. The molecule has 0 spiro atoms. The van der Waals surface area contributed by atoms with Crippen LogP contribution in [-0.4, -0.2) is 26.1 Å². The molecule has 0 atom stereocenters. The number of aryl methyl sites for hydroxylation is 1. The number of amides is 1. The molecule has 7 heteroatoms. The van der Waals surface area contributed by atoms with Gasteiger partial charge < -0.3 is 0 Å². The number of carbonyl (C=O) groups excluding carboxylic acids is 1. The van der Waals surface area contributed by atoms with Gasteiger partial charge in [0, 0.05) is 14.0 Å². The minimum absolute atomic E-state index is 0.156. The van der Waals surface area contributed by atoms with Crippen molar-refractivity contribution in [2.75, 3.05) is 0 Å². The number of hydrogen-bond acceptors (Lipinski definition) is 5. The fraction of sp³-hybridized carbons (Fsp3) is 0.600. The molecule has 1 rings (SSSR count). The van der Waals surface area contributed by atoms with Crippen molar-refractivity contribution in [3.8, 4) is 0 Å². The fourth-order valence-corrected chi connectivity index (χ4v) is 0.573. The molecule has 0 saturated heterocycles. The van der Waals surface area contributed by atoms with Gasteiger partial charge in [-0.2, -0.15) is 0 Å². The number of rotatable bonds is 3. The van der Waals surface area contributed by atoms with Gasteiger partial charge in [0.15, 0.2) is 5.82 Å². The Labute approximate surface area is 68.7 Å². The predicted octanol–water partition coefficient (Wildman–Crippen LogP) is -1.22. The lowest BCUT2D eigenvalue weighted by Gasteiger charge is -2.00. The lowest BCUT2D eigenvalue weighted by Crippen LogP contribution is -2.20. The van der Waals surface area contributed by atoms with Crippen LogP contribution < -0.4 is 5.48 Å². The van der Waals surface area contributed by atoms with E-state index in [-0.39, 0.29) is 12.5 Å². The third kappa shape index (κ3) is 2.27. The summed E-state index contributed by atoms with van der Waals surface area (Å²) in [4.78, 5) is 15.1. The maximum Gasteiger partial charge on any atom is 0.240 e. The van der Waals surface area contributed by atoms with E-state index in [0.29, 0.717) is 5.82 Å². The molecule has 66 valence electrons. The molecule has 0 aliphatic rings. The lowest BCUT2D eigenvalue weighted by atomic mass is 10.7. The zero-order valence-corrected chi connectivity index (χ0v) is 6.81. The van der Waals surface area contributed by atoms with Crippen LogP contribution in [0.25, 0.3) is 0 Å². The normalized spacial score (nSPS) is 9.83. The molecule has 12 heavy (non-hydrogen) atoms. The summed E-state index contributed by atoms with van der Waals surface area (Å²) in [7, 11) is 1.69. The Morgan fingerprint density at radius 3 is 3.00 bits per heavy atom. The number of tetrazole rings is 1. The van der Waals surface area contributed by atoms with Crippen molar-refractivity contribution in [2.45, 2.75) is 13.5 Å². The molecule has 0 aliphatic carbocycles. The Morgan fingerprint density at radius 1 is 1.75 bits per heavy atom. The van der Waals surface area contributed by atoms with Crippen LogP contribution in [0.15, 0.2) is 0 Å². The predicted molar refractivity (Wildman–Crippen MR) is 37.4 cm³/mol. The van der Waals surface area contributed by atoms with Crippen LogP contribution in [-0.2, 0) is 23.3 Å². The second-order valence-corrected chi connectivity index (χ2v) is 2.17. The molecule has 1 heterocycles. The molecule has 0 saturated carbocycles. The molecular formula is C5H9N5O2. The smallest absolute Gasteiger partial charge is 0.240 e. The van der Waals surface area contributed by atoms with Crippen molar-refractivity contribution in [3.05, 3.63) is 5.82 Å². The molecule has 0 fully saturated rings. The first-order chi connectivity index (χ1) is 5.70. The third-order valence-corrected chi connectivity index (χ3v) is 1.13. The molecule has 1 aromatic heterocycles. The highest BCUT2D eigenvalue weighted by Gasteiger charge is 2.01. The number of aromatic nitrogens is 4.